The Hall–Kier alpha value is -1.60. The smallest absolute Gasteiger partial charge is 0.248 e. The molecule has 1 fully saturated rings. The van der Waals surface area contributed by atoms with Gasteiger partial charge in [-0.3, -0.25) is 10.0 Å². The highest BCUT2D eigenvalue weighted by Crippen LogP contribution is 2.40. The number of carbonyl (C=O) groups excluding carboxylic acids is 1. The van der Waals surface area contributed by atoms with Crippen LogP contribution in [0.1, 0.15) is 37.7 Å². The first-order chi connectivity index (χ1) is 11.8. The number of aliphatic hydroxyl groups excluding tert-OH is 1. The van der Waals surface area contributed by atoms with Crippen molar-refractivity contribution >= 4 is 5.91 Å². The molecule has 2 unspecified atom stereocenters. The van der Waals surface area contributed by atoms with Crippen molar-refractivity contribution in [1.29, 1.82) is 0 Å². The van der Waals surface area contributed by atoms with Crippen LogP contribution < -0.4 is 5.48 Å². The number of halogens is 3. The minimum absolute atomic E-state index is 0.0455. The number of alkyl halides is 2. The van der Waals surface area contributed by atoms with Gasteiger partial charge in [-0.15, -0.1) is 0 Å². The molecule has 0 aromatic heterocycles. The van der Waals surface area contributed by atoms with Crippen molar-refractivity contribution in [1.82, 2.24) is 5.48 Å². The molecule has 0 spiro atoms. The number of hydrogen-bond acceptors (Lipinski definition) is 3. The summed E-state index contributed by atoms with van der Waals surface area (Å²) in [6, 6.07) is 5.83. The van der Waals surface area contributed by atoms with E-state index in [4.69, 9.17) is 5.21 Å². The number of nitrogens with one attached hydrogen (secondary N) is 1. The monoisotopic (exact) mass is 358 g/mol. The summed E-state index contributed by atoms with van der Waals surface area (Å²) in [6.45, 7) is 0. The van der Waals surface area contributed by atoms with Gasteiger partial charge in [-0.05, 0) is 55.7 Å². The lowest BCUT2D eigenvalue weighted by atomic mass is 9.75. The molecule has 0 heterocycles. The van der Waals surface area contributed by atoms with Crippen LogP contribution in [0.25, 0.3) is 0 Å². The van der Waals surface area contributed by atoms with E-state index >= 15 is 0 Å². The topological polar surface area (TPSA) is 69.6 Å². The molecule has 2 rings (SSSR count). The maximum atomic E-state index is 13.3. The van der Waals surface area contributed by atoms with Crippen LogP contribution >= 0.6 is 0 Å². The number of amides is 1. The third kappa shape index (κ3) is 6.01. The van der Waals surface area contributed by atoms with E-state index in [9.17, 15) is 23.1 Å². The summed E-state index contributed by atoms with van der Waals surface area (Å²) in [6.07, 6.45) is 0.856. The van der Waals surface area contributed by atoms with Crippen LogP contribution in [0.4, 0.5) is 13.2 Å². The largest absolute Gasteiger partial charge is 0.393 e. The van der Waals surface area contributed by atoms with Gasteiger partial charge in [0.25, 0.3) is 0 Å². The quantitative estimate of drug-likeness (QED) is 0.518. The van der Waals surface area contributed by atoms with E-state index in [1.807, 2.05) is 0 Å². The molecule has 4 nitrogen and oxygen atoms in total. The molecule has 1 aliphatic rings. The maximum absolute atomic E-state index is 13.3. The third-order valence-electron chi connectivity index (χ3n) is 4.81. The van der Waals surface area contributed by atoms with E-state index in [-0.39, 0.29) is 43.8 Å². The van der Waals surface area contributed by atoms with Crippen LogP contribution in [-0.4, -0.2) is 28.2 Å². The maximum Gasteiger partial charge on any atom is 0.248 e. The molecule has 25 heavy (non-hydrogen) atoms. The highest BCUT2D eigenvalue weighted by molar-refractivity contribution is 5.77. The zero-order chi connectivity index (χ0) is 18.4. The van der Waals surface area contributed by atoms with Crippen molar-refractivity contribution in [2.75, 3.05) is 0 Å². The zero-order valence-corrected chi connectivity index (χ0v) is 13.8. The summed E-state index contributed by atoms with van der Waals surface area (Å²) in [7, 11) is 0. The molecule has 139 valence electrons. The average molecular weight is 358 g/mol. The van der Waals surface area contributed by atoms with Gasteiger partial charge in [0.15, 0.2) is 0 Å². The number of hydroxylamine groups is 1. The summed E-state index contributed by atoms with van der Waals surface area (Å²) >= 11 is 0. The second-order valence-electron chi connectivity index (χ2n) is 6.65. The van der Waals surface area contributed by atoms with E-state index in [1.54, 1.807) is 24.0 Å². The van der Waals surface area contributed by atoms with Crippen molar-refractivity contribution < 1.29 is 28.3 Å². The first-order valence-corrected chi connectivity index (χ1v) is 8.38. The van der Waals surface area contributed by atoms with E-state index in [2.05, 4.69) is 0 Å². The fraction of sp³-hybridized carbons (Fsp3) is 0.556. The Morgan fingerprint density at radius 1 is 1.28 bits per heavy atom. The molecule has 7 heteroatoms. The zero-order valence-electron chi connectivity index (χ0n) is 13.8. The van der Waals surface area contributed by atoms with Gasteiger partial charge >= 0.3 is 0 Å². The van der Waals surface area contributed by atoms with Crippen molar-refractivity contribution in [3.8, 4) is 0 Å². The predicted octanol–water partition coefficient (Wildman–Crippen LogP) is 3.27. The Kier molecular flexibility index (Phi) is 6.84. The molecule has 3 N–H and O–H groups in total. The second-order valence-corrected chi connectivity index (χ2v) is 6.65. The van der Waals surface area contributed by atoms with E-state index in [0.29, 0.717) is 6.42 Å². The molecule has 1 aromatic rings. The summed E-state index contributed by atoms with van der Waals surface area (Å²) in [5.74, 6) is -4.76. The summed E-state index contributed by atoms with van der Waals surface area (Å²) < 4.78 is 39.4. The fourth-order valence-corrected chi connectivity index (χ4v) is 3.31. The first-order valence-electron chi connectivity index (χ1n) is 8.38. The van der Waals surface area contributed by atoms with Crippen LogP contribution in [-0.2, 0) is 11.2 Å². The van der Waals surface area contributed by atoms with Gasteiger partial charge < -0.3 is 5.11 Å². The minimum atomic E-state index is -2.70. The molecular formula is C18H23F3NO3. The van der Waals surface area contributed by atoms with Crippen molar-refractivity contribution in [3.63, 3.8) is 0 Å². The average Bonchev–Trinajstić information content (AvgIpc) is 2.59. The number of carbonyl (C=O) groups is 1. The fourth-order valence-electron chi connectivity index (χ4n) is 3.31. The molecule has 0 saturated heterocycles. The molecular weight excluding hydrogens is 335 g/mol. The minimum Gasteiger partial charge on any atom is -0.393 e. The number of hydrogen-bond donors (Lipinski definition) is 3. The molecule has 1 aromatic carbocycles. The van der Waals surface area contributed by atoms with Crippen molar-refractivity contribution in [2.45, 2.75) is 50.6 Å². The predicted molar refractivity (Wildman–Crippen MR) is 85.4 cm³/mol. The van der Waals surface area contributed by atoms with Gasteiger partial charge in [-0.25, -0.2) is 18.7 Å². The lowest BCUT2D eigenvalue weighted by Gasteiger charge is -2.33. The van der Waals surface area contributed by atoms with Gasteiger partial charge in [0.05, 0.1) is 6.10 Å². The number of aliphatic hydroxyl groups is 1. The van der Waals surface area contributed by atoms with Crippen molar-refractivity contribution in [3.05, 3.63) is 42.1 Å². The van der Waals surface area contributed by atoms with Gasteiger partial charge in [0.2, 0.25) is 11.8 Å². The Balaban J connectivity index is 1.90. The molecule has 1 aliphatic carbocycles. The number of rotatable bonds is 7. The Labute approximate surface area is 145 Å². The third-order valence-corrected chi connectivity index (χ3v) is 4.81. The first kappa shape index (κ1) is 19.7. The normalized spacial score (nSPS) is 20.0. The van der Waals surface area contributed by atoms with Crippen molar-refractivity contribution in [2.24, 2.45) is 11.8 Å². The van der Waals surface area contributed by atoms with Crippen LogP contribution in [0.3, 0.4) is 0 Å². The molecule has 1 radical (unpaired) electrons. The Morgan fingerprint density at radius 2 is 1.88 bits per heavy atom. The van der Waals surface area contributed by atoms with Crippen LogP contribution in [0.15, 0.2) is 24.3 Å². The SMILES string of the molecule is O=C(NO)C(CC(O)[CH]Cc1ccc(F)cc1)C1CCC(F)(F)CC1. The highest BCUT2D eigenvalue weighted by Gasteiger charge is 2.40. The lowest BCUT2D eigenvalue weighted by Crippen LogP contribution is -2.38. The second kappa shape index (κ2) is 8.67. The van der Waals surface area contributed by atoms with Gasteiger partial charge in [-0.1, -0.05) is 12.1 Å². The summed E-state index contributed by atoms with van der Waals surface area (Å²) in [5.41, 5.74) is 2.38. The summed E-state index contributed by atoms with van der Waals surface area (Å²) in [4.78, 5) is 11.9. The molecule has 2 atom stereocenters. The molecule has 1 saturated carbocycles. The Morgan fingerprint density at radius 3 is 2.44 bits per heavy atom. The molecule has 0 bridgehead atoms. The van der Waals surface area contributed by atoms with Gasteiger partial charge in [-0.2, -0.15) is 0 Å². The van der Waals surface area contributed by atoms with E-state index < -0.39 is 23.9 Å². The van der Waals surface area contributed by atoms with E-state index in [0.717, 1.165) is 5.56 Å². The summed E-state index contributed by atoms with van der Waals surface area (Å²) in [5, 5.41) is 19.1. The highest BCUT2D eigenvalue weighted by atomic mass is 19.3. The van der Waals surface area contributed by atoms with Gasteiger partial charge in [0.1, 0.15) is 5.82 Å². The Bertz CT molecular complexity index is 555. The molecule has 0 aliphatic heterocycles. The van der Waals surface area contributed by atoms with Crippen LogP contribution in [0.5, 0.6) is 0 Å². The molecule has 1 amide bonds. The van der Waals surface area contributed by atoms with Crippen LogP contribution in [0, 0.1) is 24.1 Å². The lowest BCUT2D eigenvalue weighted by molar-refractivity contribution is -0.138. The standard InChI is InChI=1S/C18H23F3NO3/c19-14-4-1-12(2-5-14)3-6-15(23)11-16(17(24)22-25)13-7-9-18(20,21)10-8-13/h1-2,4-6,13,15-16,23,25H,3,7-11H2,(H,22,24). The van der Waals surface area contributed by atoms with Crippen LogP contribution in [0.2, 0.25) is 0 Å². The van der Waals surface area contributed by atoms with Gasteiger partial charge in [0, 0.05) is 18.8 Å². The number of benzene rings is 1. The van der Waals surface area contributed by atoms with E-state index in [1.165, 1.54) is 12.1 Å².